The maximum absolute atomic E-state index is 4.31. The lowest BCUT2D eigenvalue weighted by molar-refractivity contribution is 0.650. The molecule has 0 aliphatic rings. The molecule has 0 bridgehead atoms. The fourth-order valence-electron chi connectivity index (χ4n) is 2.09. The number of pyridine rings is 1. The quantitative estimate of drug-likeness (QED) is 0.729. The van der Waals surface area contributed by atoms with Gasteiger partial charge in [0, 0.05) is 11.6 Å². The van der Waals surface area contributed by atoms with Gasteiger partial charge in [-0.25, -0.2) is 4.98 Å². The average Bonchev–Trinajstić information content (AvgIpc) is 2.93. The van der Waals surface area contributed by atoms with Crippen molar-refractivity contribution in [2.24, 2.45) is 0 Å². The molecule has 5 heteroatoms. The molecule has 1 aromatic carbocycles. The highest BCUT2D eigenvalue weighted by Crippen LogP contribution is 2.22. The number of aromatic nitrogens is 4. The SMILES string of the molecule is CNC(c1ccc2ncccc2c1)c1ncn[nH]1. The molecule has 2 aromatic heterocycles. The fraction of sp³-hybridized carbons (Fsp3) is 0.154. The molecule has 0 spiro atoms. The maximum Gasteiger partial charge on any atom is 0.145 e. The minimum atomic E-state index is 0.0112. The summed E-state index contributed by atoms with van der Waals surface area (Å²) in [6, 6.07) is 10.2. The summed E-state index contributed by atoms with van der Waals surface area (Å²) in [6.07, 6.45) is 3.32. The lowest BCUT2D eigenvalue weighted by Crippen LogP contribution is -2.19. The van der Waals surface area contributed by atoms with Crippen LogP contribution in [-0.2, 0) is 0 Å². The first-order valence-corrected chi connectivity index (χ1v) is 5.75. The molecule has 0 aliphatic heterocycles. The summed E-state index contributed by atoms with van der Waals surface area (Å²) in [5, 5.41) is 11.1. The number of nitrogens with one attached hydrogen (secondary N) is 2. The zero-order valence-corrected chi connectivity index (χ0v) is 9.96. The molecule has 0 amide bonds. The zero-order valence-electron chi connectivity index (χ0n) is 9.96. The van der Waals surface area contributed by atoms with Crippen molar-refractivity contribution in [1.82, 2.24) is 25.5 Å². The summed E-state index contributed by atoms with van der Waals surface area (Å²) in [4.78, 5) is 8.51. The van der Waals surface area contributed by atoms with E-state index in [1.807, 2.05) is 19.2 Å². The van der Waals surface area contributed by atoms with Crippen molar-refractivity contribution >= 4 is 10.9 Å². The van der Waals surface area contributed by atoms with E-state index < -0.39 is 0 Å². The van der Waals surface area contributed by atoms with Crippen LogP contribution in [0.1, 0.15) is 17.4 Å². The van der Waals surface area contributed by atoms with Crippen LogP contribution < -0.4 is 5.32 Å². The van der Waals surface area contributed by atoms with Crippen molar-refractivity contribution in [3.05, 3.63) is 54.2 Å². The number of fused-ring (bicyclic) bond motifs is 1. The molecule has 0 fully saturated rings. The molecule has 2 heterocycles. The first kappa shape index (κ1) is 10.9. The summed E-state index contributed by atoms with van der Waals surface area (Å²) >= 11 is 0. The van der Waals surface area contributed by atoms with Crippen LogP contribution in [0, 0.1) is 0 Å². The summed E-state index contributed by atoms with van der Waals surface area (Å²) in [5.74, 6) is 0.806. The highest BCUT2D eigenvalue weighted by molar-refractivity contribution is 5.79. The lowest BCUT2D eigenvalue weighted by atomic mass is 10.0. The van der Waals surface area contributed by atoms with Crippen molar-refractivity contribution in [2.45, 2.75) is 6.04 Å². The molecule has 3 aromatic rings. The van der Waals surface area contributed by atoms with Crippen LogP contribution in [0.15, 0.2) is 42.9 Å². The second-order valence-corrected chi connectivity index (χ2v) is 4.05. The molecular formula is C13H13N5. The first-order chi connectivity index (χ1) is 8.88. The number of benzene rings is 1. The molecule has 0 saturated heterocycles. The van der Waals surface area contributed by atoms with E-state index in [2.05, 4.69) is 43.7 Å². The molecule has 3 rings (SSSR count). The van der Waals surface area contributed by atoms with Gasteiger partial charge in [-0.3, -0.25) is 10.1 Å². The molecular weight excluding hydrogens is 226 g/mol. The van der Waals surface area contributed by atoms with E-state index in [0.717, 1.165) is 22.3 Å². The van der Waals surface area contributed by atoms with Gasteiger partial charge in [0.1, 0.15) is 12.2 Å². The standard InChI is InChI=1S/C13H13N5/c1-14-12(13-16-8-17-18-13)10-4-5-11-9(7-10)3-2-6-15-11/h2-8,12,14H,1H3,(H,16,17,18). The smallest absolute Gasteiger partial charge is 0.145 e. The Morgan fingerprint density at radius 1 is 1.22 bits per heavy atom. The topological polar surface area (TPSA) is 66.5 Å². The van der Waals surface area contributed by atoms with Crippen LogP contribution in [0.2, 0.25) is 0 Å². The van der Waals surface area contributed by atoms with Gasteiger partial charge in [0.25, 0.3) is 0 Å². The number of aromatic amines is 1. The van der Waals surface area contributed by atoms with E-state index in [1.165, 1.54) is 6.33 Å². The van der Waals surface area contributed by atoms with Gasteiger partial charge >= 0.3 is 0 Å². The van der Waals surface area contributed by atoms with Gasteiger partial charge in [-0.2, -0.15) is 5.10 Å². The molecule has 1 atom stereocenters. The van der Waals surface area contributed by atoms with Gasteiger partial charge in [0.2, 0.25) is 0 Å². The Kier molecular flexibility index (Phi) is 2.74. The van der Waals surface area contributed by atoms with Crippen LogP contribution >= 0.6 is 0 Å². The van der Waals surface area contributed by atoms with E-state index in [-0.39, 0.29) is 6.04 Å². The van der Waals surface area contributed by atoms with Gasteiger partial charge < -0.3 is 5.32 Å². The van der Waals surface area contributed by atoms with Crippen molar-refractivity contribution in [2.75, 3.05) is 7.05 Å². The van der Waals surface area contributed by atoms with Crippen molar-refractivity contribution in [1.29, 1.82) is 0 Å². The third-order valence-electron chi connectivity index (χ3n) is 2.96. The minimum Gasteiger partial charge on any atom is -0.307 e. The summed E-state index contributed by atoms with van der Waals surface area (Å²) in [6.45, 7) is 0. The Bertz CT molecular complexity index is 647. The third kappa shape index (κ3) is 1.84. The van der Waals surface area contributed by atoms with Crippen LogP contribution in [0.4, 0.5) is 0 Å². The number of hydrogen-bond donors (Lipinski definition) is 2. The van der Waals surface area contributed by atoms with Gasteiger partial charge in [-0.15, -0.1) is 0 Å². The lowest BCUT2D eigenvalue weighted by Gasteiger charge is -2.14. The fourth-order valence-corrected chi connectivity index (χ4v) is 2.09. The Morgan fingerprint density at radius 2 is 2.17 bits per heavy atom. The number of hydrogen-bond acceptors (Lipinski definition) is 4. The Hall–Kier alpha value is -2.27. The second-order valence-electron chi connectivity index (χ2n) is 4.05. The Labute approximate surface area is 104 Å². The molecule has 90 valence electrons. The van der Waals surface area contributed by atoms with Crippen molar-refractivity contribution < 1.29 is 0 Å². The molecule has 1 unspecified atom stereocenters. The van der Waals surface area contributed by atoms with E-state index in [4.69, 9.17) is 0 Å². The van der Waals surface area contributed by atoms with Crippen LogP contribution in [-0.4, -0.2) is 27.2 Å². The third-order valence-corrected chi connectivity index (χ3v) is 2.96. The predicted octanol–water partition coefficient (Wildman–Crippen LogP) is 1.66. The summed E-state index contributed by atoms with van der Waals surface area (Å²) in [7, 11) is 1.90. The molecule has 2 N–H and O–H groups in total. The Balaban J connectivity index is 2.07. The highest BCUT2D eigenvalue weighted by atomic mass is 15.2. The predicted molar refractivity (Wildman–Crippen MR) is 69.0 cm³/mol. The molecule has 0 radical (unpaired) electrons. The molecule has 0 saturated carbocycles. The van der Waals surface area contributed by atoms with E-state index in [9.17, 15) is 0 Å². The largest absolute Gasteiger partial charge is 0.307 e. The molecule has 0 aliphatic carbocycles. The number of nitrogens with zero attached hydrogens (tertiary/aromatic N) is 3. The summed E-state index contributed by atoms with van der Waals surface area (Å²) < 4.78 is 0. The first-order valence-electron chi connectivity index (χ1n) is 5.75. The van der Waals surface area contributed by atoms with Crippen LogP contribution in [0.3, 0.4) is 0 Å². The summed E-state index contributed by atoms with van der Waals surface area (Å²) in [5.41, 5.74) is 2.13. The van der Waals surface area contributed by atoms with E-state index >= 15 is 0 Å². The monoisotopic (exact) mass is 239 g/mol. The second kappa shape index (κ2) is 4.54. The molecule has 18 heavy (non-hydrogen) atoms. The maximum atomic E-state index is 4.31. The van der Waals surface area contributed by atoms with Gasteiger partial charge in [-0.1, -0.05) is 12.1 Å². The van der Waals surface area contributed by atoms with Crippen molar-refractivity contribution in [3.63, 3.8) is 0 Å². The van der Waals surface area contributed by atoms with Crippen LogP contribution in [0.25, 0.3) is 10.9 Å². The zero-order chi connectivity index (χ0) is 12.4. The molecule has 5 nitrogen and oxygen atoms in total. The number of rotatable bonds is 3. The average molecular weight is 239 g/mol. The highest BCUT2D eigenvalue weighted by Gasteiger charge is 2.14. The van der Waals surface area contributed by atoms with E-state index in [1.54, 1.807) is 6.20 Å². The van der Waals surface area contributed by atoms with E-state index in [0.29, 0.717) is 0 Å². The number of H-pyrrole nitrogens is 1. The van der Waals surface area contributed by atoms with Gasteiger partial charge in [0.05, 0.1) is 11.6 Å². The minimum absolute atomic E-state index is 0.0112. The van der Waals surface area contributed by atoms with Crippen molar-refractivity contribution in [3.8, 4) is 0 Å². The Morgan fingerprint density at radius 3 is 2.94 bits per heavy atom. The van der Waals surface area contributed by atoms with Gasteiger partial charge in [-0.05, 0) is 30.8 Å². The normalized spacial score (nSPS) is 12.7. The van der Waals surface area contributed by atoms with Gasteiger partial charge in [0.15, 0.2) is 0 Å². The van der Waals surface area contributed by atoms with Crippen LogP contribution in [0.5, 0.6) is 0 Å².